The summed E-state index contributed by atoms with van der Waals surface area (Å²) in [5.74, 6) is -0.346. The molecule has 2 aliphatic heterocycles. The third-order valence-corrected chi connectivity index (χ3v) is 7.20. The van der Waals surface area contributed by atoms with Crippen LogP contribution >= 0.6 is 11.3 Å². The fraction of sp³-hybridized carbons (Fsp3) is 0.500. The number of nitrogens with zero attached hydrogens (tertiary/aromatic N) is 2. The second-order valence-corrected chi connectivity index (χ2v) is 9.92. The molecule has 0 aliphatic carbocycles. The highest BCUT2D eigenvalue weighted by molar-refractivity contribution is 7.14. The largest absolute Gasteiger partial charge is 0.503 e. The molecule has 0 radical (unpaired) electrons. The third kappa shape index (κ3) is 5.06. The highest BCUT2D eigenvalue weighted by Gasteiger charge is 2.45. The van der Waals surface area contributed by atoms with Crippen molar-refractivity contribution in [1.29, 1.82) is 0 Å². The van der Waals surface area contributed by atoms with Crippen molar-refractivity contribution >= 4 is 23.0 Å². The first kappa shape index (κ1) is 25.2. The summed E-state index contributed by atoms with van der Waals surface area (Å²) in [7, 11) is 0. The number of aliphatic hydroxyl groups excluding tert-OH is 1. The summed E-state index contributed by atoms with van der Waals surface area (Å²) in [5.41, 5.74) is 1.30. The number of ether oxygens (including phenoxy) is 3. The zero-order valence-corrected chi connectivity index (χ0v) is 21.4. The van der Waals surface area contributed by atoms with Gasteiger partial charge in [0.2, 0.25) is 5.78 Å². The lowest BCUT2D eigenvalue weighted by Gasteiger charge is -2.29. The Morgan fingerprint density at radius 3 is 2.69 bits per heavy atom. The number of aliphatic hydroxyl groups is 1. The van der Waals surface area contributed by atoms with Gasteiger partial charge in [0, 0.05) is 13.2 Å². The van der Waals surface area contributed by atoms with E-state index < -0.39 is 17.7 Å². The molecule has 8 nitrogen and oxygen atoms in total. The van der Waals surface area contributed by atoms with E-state index in [1.165, 1.54) is 11.3 Å². The highest BCUT2D eigenvalue weighted by Crippen LogP contribution is 2.43. The van der Waals surface area contributed by atoms with Gasteiger partial charge in [-0.1, -0.05) is 13.0 Å². The molecule has 1 amide bonds. The molecule has 2 unspecified atom stereocenters. The van der Waals surface area contributed by atoms with Gasteiger partial charge in [0.25, 0.3) is 5.91 Å². The Kier molecular flexibility index (Phi) is 7.76. The summed E-state index contributed by atoms with van der Waals surface area (Å²) >= 11 is 1.26. The molecule has 35 heavy (non-hydrogen) atoms. The molecule has 1 saturated heterocycles. The molecular weight excluding hydrogens is 468 g/mol. The van der Waals surface area contributed by atoms with Crippen LogP contribution in [0.2, 0.25) is 0 Å². The molecule has 0 bridgehead atoms. The molecular formula is C26H32N2O6S. The Bertz CT molecular complexity index is 1130. The average Bonchev–Trinajstić information content (AvgIpc) is 3.53. The van der Waals surface area contributed by atoms with E-state index in [2.05, 4.69) is 4.98 Å². The molecule has 2 aliphatic rings. The van der Waals surface area contributed by atoms with Crippen LogP contribution in [0.3, 0.4) is 0 Å². The maximum Gasteiger partial charge on any atom is 0.290 e. The third-order valence-electron chi connectivity index (χ3n) is 6.13. The van der Waals surface area contributed by atoms with Crippen molar-refractivity contribution in [3.63, 3.8) is 0 Å². The maximum atomic E-state index is 13.7. The fourth-order valence-electron chi connectivity index (χ4n) is 4.59. The van der Waals surface area contributed by atoms with E-state index in [4.69, 9.17) is 14.2 Å². The second kappa shape index (κ2) is 10.8. The number of ketones is 1. The van der Waals surface area contributed by atoms with E-state index in [0.29, 0.717) is 47.5 Å². The number of carbonyl (C=O) groups excluding carboxylic acids is 2. The van der Waals surface area contributed by atoms with Gasteiger partial charge < -0.3 is 24.2 Å². The highest BCUT2D eigenvalue weighted by atomic mass is 32.1. The first-order valence-corrected chi connectivity index (χ1v) is 12.9. The van der Waals surface area contributed by atoms with Gasteiger partial charge in [-0.3, -0.25) is 9.59 Å². The molecule has 0 spiro atoms. The van der Waals surface area contributed by atoms with E-state index in [1.807, 2.05) is 26.8 Å². The summed E-state index contributed by atoms with van der Waals surface area (Å²) in [4.78, 5) is 33.3. The number of aromatic nitrogens is 1. The van der Waals surface area contributed by atoms with Crippen molar-refractivity contribution in [1.82, 2.24) is 9.88 Å². The maximum absolute atomic E-state index is 13.7. The normalized spacial score (nSPS) is 20.1. The number of thiazole rings is 1. The molecule has 1 fully saturated rings. The van der Waals surface area contributed by atoms with Gasteiger partial charge in [0.05, 0.1) is 46.5 Å². The number of rotatable bonds is 10. The van der Waals surface area contributed by atoms with Crippen molar-refractivity contribution in [2.75, 3.05) is 26.4 Å². The monoisotopic (exact) mass is 500 g/mol. The van der Waals surface area contributed by atoms with E-state index in [-0.39, 0.29) is 24.0 Å². The number of hydrogen-bond donors (Lipinski definition) is 1. The molecule has 3 heterocycles. The molecule has 188 valence electrons. The molecule has 4 rings (SSSR count). The summed E-state index contributed by atoms with van der Waals surface area (Å²) in [6.45, 7) is 9.39. The molecule has 1 N–H and O–H groups in total. The van der Waals surface area contributed by atoms with Crippen LogP contribution in [0.1, 0.15) is 65.1 Å². The Hall–Kier alpha value is -2.91. The lowest BCUT2D eigenvalue weighted by Crippen LogP contribution is -2.37. The summed E-state index contributed by atoms with van der Waals surface area (Å²) < 4.78 is 17.4. The molecule has 1 aromatic carbocycles. The Morgan fingerprint density at radius 2 is 2.06 bits per heavy atom. The quantitative estimate of drug-likeness (QED) is 0.472. The van der Waals surface area contributed by atoms with Crippen LogP contribution in [-0.4, -0.2) is 59.2 Å². The summed E-state index contributed by atoms with van der Waals surface area (Å²) in [6, 6.07) is 4.64. The topological polar surface area (TPSA) is 98.2 Å². The van der Waals surface area contributed by atoms with Crippen molar-refractivity contribution < 1.29 is 28.9 Å². The van der Waals surface area contributed by atoms with Crippen molar-refractivity contribution in [3.05, 3.63) is 50.7 Å². The zero-order valence-electron chi connectivity index (χ0n) is 20.6. The van der Waals surface area contributed by atoms with Gasteiger partial charge in [-0.15, -0.1) is 11.3 Å². The predicted octanol–water partition coefficient (Wildman–Crippen LogP) is 4.70. The Balaban J connectivity index is 1.79. The van der Waals surface area contributed by atoms with E-state index in [0.717, 1.165) is 24.3 Å². The standard InChI is InChI=1S/C26H32N2O6S/c1-5-11-34-19-10-9-17(13-20(19)32-6-2)22-21(23(29)25-15(3)27-16(4)35-25)24(30)26(31)28(22)14-18-8-7-12-33-18/h9-10,13,18,22,30H,5-8,11-12,14H2,1-4H3. The Morgan fingerprint density at radius 1 is 1.26 bits per heavy atom. The molecule has 2 atom stereocenters. The number of benzene rings is 1. The number of Topliss-reactive ketones (excluding diaryl/α,β-unsaturated/α-hetero) is 1. The molecule has 9 heteroatoms. The van der Waals surface area contributed by atoms with Gasteiger partial charge in [0.1, 0.15) is 0 Å². The minimum Gasteiger partial charge on any atom is -0.503 e. The van der Waals surface area contributed by atoms with Crippen LogP contribution in [0.5, 0.6) is 11.5 Å². The SMILES string of the molecule is CCCOc1ccc(C2C(C(=O)c3sc(C)nc3C)=C(O)C(=O)N2CC2CCCO2)cc1OCC. The van der Waals surface area contributed by atoms with Gasteiger partial charge in [0.15, 0.2) is 17.3 Å². The van der Waals surface area contributed by atoms with Crippen LogP contribution < -0.4 is 9.47 Å². The predicted molar refractivity (Wildman–Crippen MR) is 132 cm³/mol. The van der Waals surface area contributed by atoms with Crippen LogP contribution in [-0.2, 0) is 9.53 Å². The van der Waals surface area contributed by atoms with E-state index in [9.17, 15) is 14.7 Å². The summed E-state index contributed by atoms with van der Waals surface area (Å²) in [5, 5.41) is 11.7. The number of hydrogen-bond acceptors (Lipinski definition) is 8. The fourth-order valence-corrected chi connectivity index (χ4v) is 5.46. The second-order valence-electron chi connectivity index (χ2n) is 8.72. The van der Waals surface area contributed by atoms with E-state index in [1.54, 1.807) is 24.0 Å². The smallest absolute Gasteiger partial charge is 0.290 e. The molecule has 2 aromatic rings. The van der Waals surface area contributed by atoms with Gasteiger partial charge in [-0.25, -0.2) is 4.98 Å². The first-order valence-electron chi connectivity index (χ1n) is 12.1. The average molecular weight is 501 g/mol. The molecule has 1 aromatic heterocycles. The van der Waals surface area contributed by atoms with Crippen LogP contribution in [0.25, 0.3) is 0 Å². The lowest BCUT2D eigenvalue weighted by molar-refractivity contribution is -0.131. The van der Waals surface area contributed by atoms with Crippen LogP contribution in [0.4, 0.5) is 0 Å². The number of carbonyl (C=O) groups is 2. The van der Waals surface area contributed by atoms with Gasteiger partial charge >= 0.3 is 0 Å². The first-order chi connectivity index (χ1) is 16.8. The van der Waals surface area contributed by atoms with E-state index >= 15 is 0 Å². The van der Waals surface area contributed by atoms with Crippen LogP contribution in [0, 0.1) is 13.8 Å². The van der Waals surface area contributed by atoms with Crippen LogP contribution in [0.15, 0.2) is 29.5 Å². The van der Waals surface area contributed by atoms with Gasteiger partial charge in [-0.05, 0) is 57.7 Å². The molecule has 0 saturated carbocycles. The van der Waals surface area contributed by atoms with Crippen molar-refractivity contribution in [2.24, 2.45) is 0 Å². The summed E-state index contributed by atoms with van der Waals surface area (Å²) in [6.07, 6.45) is 2.44. The van der Waals surface area contributed by atoms with Gasteiger partial charge in [-0.2, -0.15) is 0 Å². The minimum absolute atomic E-state index is 0.0596. The zero-order chi connectivity index (χ0) is 25.1. The number of amides is 1. The number of aryl methyl sites for hydroxylation is 2. The Labute approximate surface area is 209 Å². The van der Waals surface area contributed by atoms with Crippen molar-refractivity contribution in [3.8, 4) is 11.5 Å². The van der Waals surface area contributed by atoms with Crippen molar-refractivity contribution in [2.45, 2.75) is 59.1 Å². The lowest BCUT2D eigenvalue weighted by atomic mass is 9.94. The minimum atomic E-state index is -0.777.